The van der Waals surface area contributed by atoms with Crippen LogP contribution < -0.4 is 0 Å². The third-order valence-corrected chi connectivity index (χ3v) is 3.71. The van der Waals surface area contributed by atoms with Crippen molar-refractivity contribution in [2.45, 2.75) is 19.8 Å². The van der Waals surface area contributed by atoms with Crippen LogP contribution in [0.4, 0.5) is 0 Å². The Bertz CT molecular complexity index is 744. The number of rotatable bonds is 3. The van der Waals surface area contributed by atoms with Gasteiger partial charge in [-0.15, -0.1) is 0 Å². The van der Waals surface area contributed by atoms with E-state index in [9.17, 15) is 5.11 Å². The molecule has 0 bridgehead atoms. The second-order valence-electron chi connectivity index (χ2n) is 5.09. The summed E-state index contributed by atoms with van der Waals surface area (Å²) in [5, 5.41) is 12.6. The largest absolute Gasteiger partial charge is 0.507 e. The van der Waals surface area contributed by atoms with Crippen LogP contribution in [0.15, 0.2) is 60.7 Å². The molecule has 1 nitrogen and oxygen atoms in total. The van der Waals surface area contributed by atoms with E-state index in [1.54, 1.807) is 6.07 Å². The number of aromatic hydroxyl groups is 1. The SMILES string of the molecule is CCCc1ccccc1-c1c(O)ccc2ccccc12. The third-order valence-electron chi connectivity index (χ3n) is 3.71. The fourth-order valence-corrected chi connectivity index (χ4v) is 2.79. The van der Waals surface area contributed by atoms with E-state index in [1.165, 1.54) is 5.56 Å². The molecule has 0 saturated heterocycles. The first-order chi connectivity index (χ1) is 9.81. The summed E-state index contributed by atoms with van der Waals surface area (Å²) in [5.41, 5.74) is 3.39. The Labute approximate surface area is 119 Å². The van der Waals surface area contributed by atoms with Crippen molar-refractivity contribution in [2.75, 3.05) is 0 Å². The van der Waals surface area contributed by atoms with E-state index in [0.717, 1.165) is 34.7 Å². The molecule has 0 amide bonds. The molecule has 0 aliphatic heterocycles. The van der Waals surface area contributed by atoms with Crippen molar-refractivity contribution in [2.24, 2.45) is 0 Å². The van der Waals surface area contributed by atoms with Gasteiger partial charge >= 0.3 is 0 Å². The van der Waals surface area contributed by atoms with Crippen molar-refractivity contribution in [1.82, 2.24) is 0 Å². The first kappa shape index (κ1) is 12.7. The molecule has 0 aliphatic rings. The fraction of sp³-hybridized carbons (Fsp3) is 0.158. The summed E-state index contributed by atoms with van der Waals surface area (Å²) >= 11 is 0. The molecule has 3 aromatic carbocycles. The number of aryl methyl sites for hydroxylation is 1. The molecule has 0 unspecified atom stereocenters. The zero-order valence-corrected chi connectivity index (χ0v) is 11.6. The molecule has 0 spiro atoms. The van der Waals surface area contributed by atoms with Crippen molar-refractivity contribution < 1.29 is 5.11 Å². The minimum absolute atomic E-state index is 0.354. The molecule has 0 radical (unpaired) electrons. The van der Waals surface area contributed by atoms with Gasteiger partial charge in [0.2, 0.25) is 0 Å². The highest BCUT2D eigenvalue weighted by atomic mass is 16.3. The second-order valence-corrected chi connectivity index (χ2v) is 5.09. The molecule has 20 heavy (non-hydrogen) atoms. The summed E-state index contributed by atoms with van der Waals surface area (Å²) in [6.45, 7) is 2.18. The zero-order valence-electron chi connectivity index (χ0n) is 11.6. The lowest BCUT2D eigenvalue weighted by Gasteiger charge is -2.13. The molecule has 0 aromatic heterocycles. The Hall–Kier alpha value is -2.28. The minimum atomic E-state index is 0.354. The molecule has 1 heteroatoms. The van der Waals surface area contributed by atoms with Crippen molar-refractivity contribution in [3.63, 3.8) is 0 Å². The Balaban J connectivity index is 2.32. The molecular weight excluding hydrogens is 244 g/mol. The number of phenols is 1. The summed E-state index contributed by atoms with van der Waals surface area (Å²) < 4.78 is 0. The van der Waals surface area contributed by atoms with Gasteiger partial charge in [-0.3, -0.25) is 0 Å². The highest BCUT2D eigenvalue weighted by Gasteiger charge is 2.12. The van der Waals surface area contributed by atoms with E-state index in [-0.39, 0.29) is 0 Å². The van der Waals surface area contributed by atoms with Gasteiger partial charge in [0, 0.05) is 5.56 Å². The van der Waals surface area contributed by atoms with Gasteiger partial charge in [-0.2, -0.15) is 0 Å². The maximum atomic E-state index is 10.4. The molecular formula is C19H18O. The lowest BCUT2D eigenvalue weighted by Crippen LogP contribution is -1.90. The summed E-state index contributed by atoms with van der Waals surface area (Å²) in [4.78, 5) is 0. The second kappa shape index (κ2) is 5.38. The minimum Gasteiger partial charge on any atom is -0.507 e. The summed E-state index contributed by atoms with van der Waals surface area (Å²) in [7, 11) is 0. The smallest absolute Gasteiger partial charge is 0.124 e. The molecule has 3 rings (SSSR count). The number of benzene rings is 3. The standard InChI is InChI=1S/C19H18O/c1-2-7-14-8-3-5-10-16(14)19-17-11-6-4-9-15(17)12-13-18(19)20/h3-6,8-13,20H,2,7H2,1H3. The van der Waals surface area contributed by atoms with E-state index >= 15 is 0 Å². The van der Waals surface area contributed by atoms with Gasteiger partial charge in [0.1, 0.15) is 5.75 Å². The van der Waals surface area contributed by atoms with E-state index in [1.807, 2.05) is 24.3 Å². The van der Waals surface area contributed by atoms with Crippen molar-refractivity contribution in [1.29, 1.82) is 0 Å². The Kier molecular flexibility index (Phi) is 3.42. The highest BCUT2D eigenvalue weighted by Crippen LogP contribution is 2.38. The normalized spacial score (nSPS) is 10.8. The van der Waals surface area contributed by atoms with Gasteiger partial charge in [0.05, 0.1) is 0 Å². The van der Waals surface area contributed by atoms with Crippen LogP contribution in [0.2, 0.25) is 0 Å². The van der Waals surface area contributed by atoms with Crippen LogP contribution in [-0.2, 0) is 6.42 Å². The molecule has 1 N–H and O–H groups in total. The van der Waals surface area contributed by atoms with Gasteiger partial charge < -0.3 is 5.11 Å². The topological polar surface area (TPSA) is 20.2 Å². The first-order valence-electron chi connectivity index (χ1n) is 7.10. The predicted octanol–water partition coefficient (Wildman–Crippen LogP) is 5.16. The molecule has 100 valence electrons. The lowest BCUT2D eigenvalue weighted by atomic mass is 9.92. The first-order valence-corrected chi connectivity index (χ1v) is 7.10. The van der Waals surface area contributed by atoms with Gasteiger partial charge in [0.15, 0.2) is 0 Å². The van der Waals surface area contributed by atoms with E-state index < -0.39 is 0 Å². The van der Waals surface area contributed by atoms with E-state index in [0.29, 0.717) is 5.75 Å². The number of hydrogen-bond donors (Lipinski definition) is 1. The number of phenolic OH excluding ortho intramolecular Hbond substituents is 1. The van der Waals surface area contributed by atoms with Crippen molar-refractivity contribution in [3.8, 4) is 16.9 Å². The van der Waals surface area contributed by atoms with E-state index in [2.05, 4.69) is 37.3 Å². The van der Waals surface area contributed by atoms with Crippen LogP contribution in [0.5, 0.6) is 5.75 Å². The molecule has 0 heterocycles. The van der Waals surface area contributed by atoms with Crippen LogP contribution >= 0.6 is 0 Å². The van der Waals surface area contributed by atoms with Crippen LogP contribution in [0.1, 0.15) is 18.9 Å². The van der Waals surface area contributed by atoms with Crippen LogP contribution in [0.3, 0.4) is 0 Å². The quantitative estimate of drug-likeness (QED) is 0.690. The Morgan fingerprint density at radius 2 is 1.60 bits per heavy atom. The van der Waals surface area contributed by atoms with Crippen LogP contribution in [0.25, 0.3) is 21.9 Å². The highest BCUT2D eigenvalue weighted by molar-refractivity contribution is 6.00. The average Bonchev–Trinajstić information content (AvgIpc) is 2.49. The lowest BCUT2D eigenvalue weighted by molar-refractivity contribution is 0.478. The molecule has 0 saturated carbocycles. The maximum Gasteiger partial charge on any atom is 0.124 e. The monoisotopic (exact) mass is 262 g/mol. The van der Waals surface area contributed by atoms with Gasteiger partial charge in [-0.1, -0.05) is 67.9 Å². The Morgan fingerprint density at radius 3 is 2.45 bits per heavy atom. The van der Waals surface area contributed by atoms with E-state index in [4.69, 9.17) is 0 Å². The van der Waals surface area contributed by atoms with Crippen molar-refractivity contribution >= 4 is 10.8 Å². The van der Waals surface area contributed by atoms with Crippen LogP contribution in [0, 0.1) is 0 Å². The Morgan fingerprint density at radius 1 is 0.850 bits per heavy atom. The molecule has 0 aliphatic carbocycles. The van der Waals surface area contributed by atoms with Gasteiger partial charge in [0.25, 0.3) is 0 Å². The summed E-state index contributed by atoms with van der Waals surface area (Å²) in [6, 6.07) is 20.3. The molecule has 3 aromatic rings. The maximum absolute atomic E-state index is 10.4. The van der Waals surface area contributed by atoms with Crippen molar-refractivity contribution in [3.05, 3.63) is 66.2 Å². The fourth-order valence-electron chi connectivity index (χ4n) is 2.79. The number of hydrogen-bond acceptors (Lipinski definition) is 1. The average molecular weight is 262 g/mol. The molecule has 0 atom stereocenters. The predicted molar refractivity (Wildman–Crippen MR) is 85.0 cm³/mol. The third kappa shape index (κ3) is 2.16. The molecule has 0 fully saturated rings. The van der Waals surface area contributed by atoms with Crippen LogP contribution in [-0.4, -0.2) is 5.11 Å². The summed E-state index contributed by atoms with van der Waals surface area (Å²) in [5.74, 6) is 0.354. The zero-order chi connectivity index (χ0) is 13.9. The van der Waals surface area contributed by atoms with Gasteiger partial charge in [-0.25, -0.2) is 0 Å². The summed E-state index contributed by atoms with van der Waals surface area (Å²) in [6.07, 6.45) is 2.13. The van der Waals surface area contributed by atoms with Gasteiger partial charge in [-0.05, 0) is 34.4 Å². The number of fused-ring (bicyclic) bond motifs is 1.